The lowest BCUT2D eigenvalue weighted by atomic mass is 10.0. The third kappa shape index (κ3) is 10.3. The van der Waals surface area contributed by atoms with Gasteiger partial charge >= 0.3 is 12.1 Å². The van der Waals surface area contributed by atoms with Gasteiger partial charge in [-0.1, -0.05) is 12.1 Å². The molecule has 1 saturated carbocycles. The number of nitrogens with one attached hydrogen (secondary N) is 1. The highest BCUT2D eigenvalue weighted by Gasteiger charge is 2.25. The molecule has 274 valence electrons. The van der Waals surface area contributed by atoms with Crippen molar-refractivity contribution in [2.45, 2.75) is 58.6 Å². The maximum atomic E-state index is 15.0. The highest BCUT2D eigenvalue weighted by molar-refractivity contribution is 7.22. The smallest absolute Gasteiger partial charge is 0.408 e. The first kappa shape index (κ1) is 36.8. The Morgan fingerprint density at radius 3 is 2.42 bits per heavy atom. The Morgan fingerprint density at radius 2 is 1.73 bits per heavy atom. The van der Waals surface area contributed by atoms with E-state index in [1.165, 1.54) is 17.4 Å². The number of nitrogens with zero attached hydrogens (tertiary/aromatic N) is 4. The fraction of sp³-hybridized carbons (Fsp3) is 0.421. The Kier molecular flexibility index (Phi) is 11.4. The molecule has 0 spiro atoms. The number of amides is 2. The van der Waals surface area contributed by atoms with E-state index in [9.17, 15) is 19.2 Å². The van der Waals surface area contributed by atoms with Crippen molar-refractivity contribution in [3.8, 4) is 22.1 Å². The summed E-state index contributed by atoms with van der Waals surface area (Å²) < 4.78 is 31.9. The maximum Gasteiger partial charge on any atom is 0.408 e. The van der Waals surface area contributed by atoms with Gasteiger partial charge in [0, 0.05) is 64.0 Å². The van der Waals surface area contributed by atoms with Gasteiger partial charge < -0.3 is 24.4 Å². The molecule has 1 saturated heterocycles. The van der Waals surface area contributed by atoms with Gasteiger partial charge in [-0.05, 0) is 74.9 Å². The van der Waals surface area contributed by atoms with Crippen molar-refractivity contribution in [2.24, 2.45) is 5.92 Å². The average molecular weight is 732 g/mol. The second kappa shape index (κ2) is 16.2. The first-order valence-corrected chi connectivity index (χ1v) is 18.1. The van der Waals surface area contributed by atoms with Crippen molar-refractivity contribution in [1.29, 1.82) is 0 Å². The first-order valence-electron chi connectivity index (χ1n) is 17.3. The number of piperazine rings is 1. The van der Waals surface area contributed by atoms with Crippen LogP contribution in [-0.4, -0.2) is 88.5 Å². The van der Waals surface area contributed by atoms with E-state index in [1.54, 1.807) is 50.1 Å². The molecular weight excluding hydrogens is 690 g/mol. The number of hydrogen-bond donors (Lipinski definition) is 1. The number of halogens is 1. The van der Waals surface area contributed by atoms with Crippen LogP contribution in [0, 0.1) is 11.7 Å². The topological polar surface area (TPSA) is 140 Å². The van der Waals surface area contributed by atoms with Crippen LogP contribution in [0.4, 0.5) is 9.18 Å². The van der Waals surface area contributed by atoms with Crippen molar-refractivity contribution in [1.82, 2.24) is 25.1 Å². The molecule has 4 aromatic rings. The number of Topliss-reactive ketones (excluding diaryl/α,β-unsaturated/α-hetero) is 1. The summed E-state index contributed by atoms with van der Waals surface area (Å²) in [7, 11) is 0. The molecular formula is C38H42FN5O7S. The minimum absolute atomic E-state index is 0.0849. The van der Waals surface area contributed by atoms with Gasteiger partial charge in [0.2, 0.25) is 0 Å². The molecule has 1 aromatic carbocycles. The average Bonchev–Trinajstić information content (AvgIpc) is 3.80. The van der Waals surface area contributed by atoms with E-state index in [0.717, 1.165) is 33.7 Å². The van der Waals surface area contributed by atoms with E-state index in [1.807, 2.05) is 24.4 Å². The molecule has 1 N–H and O–H groups in total. The molecule has 3 aromatic heterocycles. The number of thiophene rings is 1. The number of ether oxygens (including phenoxy) is 3. The van der Waals surface area contributed by atoms with Crippen molar-refractivity contribution in [3.05, 3.63) is 71.8 Å². The van der Waals surface area contributed by atoms with Gasteiger partial charge in [0.25, 0.3) is 5.91 Å². The van der Waals surface area contributed by atoms with Crippen LogP contribution in [0.15, 0.2) is 54.9 Å². The van der Waals surface area contributed by atoms with Crippen molar-refractivity contribution in [3.63, 3.8) is 0 Å². The first-order chi connectivity index (χ1) is 24.9. The molecule has 1 aliphatic heterocycles. The number of carbonyl (C=O) groups is 4. The quantitative estimate of drug-likeness (QED) is 0.165. The molecule has 1 aliphatic carbocycles. The molecule has 4 heterocycles. The Hall–Kier alpha value is -4.95. The number of hydrogen-bond acceptors (Lipinski definition) is 11. The van der Waals surface area contributed by atoms with Gasteiger partial charge in [0.05, 0.1) is 20.8 Å². The zero-order valence-corrected chi connectivity index (χ0v) is 30.3. The number of fused-ring (bicyclic) bond motifs is 1. The van der Waals surface area contributed by atoms with Crippen LogP contribution in [0.5, 0.6) is 11.5 Å². The molecule has 0 radical (unpaired) electrons. The lowest BCUT2D eigenvalue weighted by Crippen LogP contribution is -2.49. The monoisotopic (exact) mass is 731 g/mol. The van der Waals surface area contributed by atoms with Crippen molar-refractivity contribution < 1.29 is 37.8 Å². The molecule has 2 aliphatic rings. The molecule has 12 nitrogen and oxygen atoms in total. The number of ketones is 1. The zero-order valence-electron chi connectivity index (χ0n) is 29.5. The van der Waals surface area contributed by atoms with E-state index in [-0.39, 0.29) is 30.4 Å². The van der Waals surface area contributed by atoms with Gasteiger partial charge in [0.15, 0.2) is 18.2 Å². The van der Waals surface area contributed by atoms with Gasteiger partial charge in [-0.25, -0.2) is 9.18 Å². The van der Waals surface area contributed by atoms with Gasteiger partial charge in [0.1, 0.15) is 23.7 Å². The minimum atomic E-state index is -0.735. The van der Waals surface area contributed by atoms with Crippen LogP contribution >= 0.6 is 11.3 Å². The number of carbonyl (C=O) groups excluding carboxylic acids is 4. The van der Waals surface area contributed by atoms with Gasteiger partial charge in [-0.15, -0.1) is 11.3 Å². The van der Waals surface area contributed by atoms with Gasteiger partial charge in [-0.3, -0.25) is 29.3 Å². The second-order valence-electron chi connectivity index (χ2n) is 14.1. The Bertz CT molecular complexity index is 1930. The van der Waals surface area contributed by atoms with E-state index in [4.69, 9.17) is 19.2 Å². The fourth-order valence-corrected chi connectivity index (χ4v) is 6.78. The number of pyridine rings is 2. The third-order valence-electron chi connectivity index (χ3n) is 8.55. The van der Waals surface area contributed by atoms with E-state index >= 15 is 4.39 Å². The highest BCUT2D eigenvalue weighted by atomic mass is 32.1. The summed E-state index contributed by atoms with van der Waals surface area (Å²) >= 11 is 1.46. The van der Waals surface area contributed by atoms with Crippen LogP contribution in [-0.2, 0) is 36.8 Å². The second-order valence-corrected chi connectivity index (χ2v) is 15.1. The van der Waals surface area contributed by atoms with Crippen molar-refractivity contribution in [2.75, 3.05) is 39.3 Å². The molecule has 0 bridgehead atoms. The zero-order chi connectivity index (χ0) is 36.8. The van der Waals surface area contributed by atoms with E-state index in [2.05, 4.69) is 15.2 Å². The molecule has 6 rings (SSSR count). The summed E-state index contributed by atoms with van der Waals surface area (Å²) in [6.07, 6.45) is 5.73. The minimum Gasteiger partial charge on any atom is -0.454 e. The summed E-state index contributed by atoms with van der Waals surface area (Å²) in [5.74, 6) is -0.322. The highest BCUT2D eigenvalue weighted by Crippen LogP contribution is 2.39. The Balaban J connectivity index is 0.973. The molecule has 0 unspecified atom stereocenters. The summed E-state index contributed by atoms with van der Waals surface area (Å²) in [5.41, 5.74) is 2.46. The largest absolute Gasteiger partial charge is 0.454 e. The molecule has 14 heteroatoms. The number of esters is 1. The van der Waals surface area contributed by atoms with Crippen LogP contribution < -0.4 is 10.1 Å². The summed E-state index contributed by atoms with van der Waals surface area (Å²) in [4.78, 5) is 62.4. The van der Waals surface area contributed by atoms with E-state index in [0.29, 0.717) is 61.9 Å². The summed E-state index contributed by atoms with van der Waals surface area (Å²) in [5, 5.41) is 2.31. The summed E-state index contributed by atoms with van der Waals surface area (Å²) in [6.45, 7) is 7.29. The fourth-order valence-electron chi connectivity index (χ4n) is 5.74. The van der Waals surface area contributed by atoms with E-state index < -0.39 is 30.1 Å². The number of aromatic nitrogens is 2. The number of rotatable bonds is 13. The van der Waals surface area contributed by atoms with Crippen LogP contribution in [0.3, 0.4) is 0 Å². The standard InChI is InChI=1S/C38H42FN5O7S/c1-38(2,3)51-37(48)42-21-35(47)49-23-34(46)44-14-12-43(13-15-44)22-26-6-8-29(41-20-26)33-19-30-36(52-33)32(10-11-40-30)50-31-9-7-25(18-28(31)39)17-27(45)16-24-4-5-24/h6-11,18-20,24H,4-5,12-17,21-23H2,1-3H3,(H,42,48). The number of alkyl carbamates (subject to hydrolysis) is 1. The normalized spacial score (nSPS) is 15.0. The Morgan fingerprint density at radius 1 is 0.962 bits per heavy atom. The number of benzene rings is 1. The predicted octanol–water partition coefficient (Wildman–Crippen LogP) is 5.91. The predicted molar refractivity (Wildman–Crippen MR) is 192 cm³/mol. The van der Waals surface area contributed by atoms with Crippen LogP contribution in [0.2, 0.25) is 0 Å². The lowest BCUT2D eigenvalue weighted by molar-refractivity contribution is -0.152. The summed E-state index contributed by atoms with van der Waals surface area (Å²) in [6, 6.07) is 12.3. The molecule has 52 heavy (non-hydrogen) atoms. The molecule has 0 atom stereocenters. The van der Waals surface area contributed by atoms with Crippen LogP contribution in [0.25, 0.3) is 20.8 Å². The SMILES string of the molecule is CC(C)(C)OC(=O)NCC(=O)OCC(=O)N1CCN(Cc2ccc(-c3cc4nccc(Oc5ccc(CC(=O)CC6CC6)cc5F)c4s3)nc2)CC1. The lowest BCUT2D eigenvalue weighted by Gasteiger charge is -2.34. The van der Waals surface area contributed by atoms with Crippen LogP contribution in [0.1, 0.15) is 51.2 Å². The molecule has 2 amide bonds. The van der Waals surface area contributed by atoms with Gasteiger partial charge in [-0.2, -0.15) is 0 Å². The maximum absolute atomic E-state index is 15.0. The Labute approximate surface area is 305 Å². The van der Waals surface area contributed by atoms with Crippen molar-refractivity contribution >= 4 is 45.3 Å². The third-order valence-corrected chi connectivity index (χ3v) is 9.71. The molecule has 2 fully saturated rings.